The monoisotopic (exact) mass is 261 g/mol. The van der Waals surface area contributed by atoms with Gasteiger partial charge in [0.1, 0.15) is 0 Å². The number of hydrogen-bond donors (Lipinski definition) is 2. The molecule has 0 heterocycles. The maximum absolute atomic E-state index is 11.7. The van der Waals surface area contributed by atoms with E-state index in [2.05, 4.69) is 4.72 Å². The van der Waals surface area contributed by atoms with E-state index in [0.29, 0.717) is 5.92 Å². The molecule has 2 fully saturated rings. The molecule has 0 unspecified atom stereocenters. The van der Waals surface area contributed by atoms with Crippen LogP contribution in [0.1, 0.15) is 51.4 Å². The van der Waals surface area contributed by atoms with Crippen molar-refractivity contribution in [3.05, 3.63) is 0 Å². The second-order valence-electron chi connectivity index (χ2n) is 5.66. The predicted octanol–water partition coefficient (Wildman–Crippen LogP) is 1.40. The lowest BCUT2D eigenvalue weighted by Gasteiger charge is -2.32. The molecular weight excluding hydrogens is 238 g/mol. The molecule has 0 radical (unpaired) electrons. The number of aliphatic hydroxyl groups is 1. The van der Waals surface area contributed by atoms with Crippen LogP contribution >= 0.6 is 0 Å². The molecule has 2 rings (SSSR count). The van der Waals surface area contributed by atoms with Gasteiger partial charge in [-0.2, -0.15) is 0 Å². The van der Waals surface area contributed by atoms with Crippen molar-refractivity contribution >= 4 is 10.0 Å². The molecule has 0 aliphatic heterocycles. The van der Waals surface area contributed by atoms with E-state index in [1.165, 1.54) is 12.8 Å². The summed E-state index contributed by atoms with van der Waals surface area (Å²) in [6.45, 7) is 0.194. The third kappa shape index (κ3) is 4.56. The third-order valence-electron chi connectivity index (χ3n) is 3.90. The number of rotatable bonds is 6. The minimum absolute atomic E-state index is 0.194. The van der Waals surface area contributed by atoms with Gasteiger partial charge in [0, 0.05) is 6.54 Å². The van der Waals surface area contributed by atoms with Crippen LogP contribution in [-0.4, -0.2) is 31.4 Å². The third-order valence-corrected chi connectivity index (χ3v) is 5.25. The van der Waals surface area contributed by atoms with E-state index in [0.717, 1.165) is 38.5 Å². The highest BCUT2D eigenvalue weighted by atomic mass is 32.2. The number of hydrogen-bond acceptors (Lipinski definition) is 3. The Morgan fingerprint density at radius 2 is 1.82 bits per heavy atom. The van der Waals surface area contributed by atoms with Crippen molar-refractivity contribution in [2.75, 3.05) is 12.3 Å². The molecular formula is C12H23NO3S. The minimum atomic E-state index is -3.18. The molecule has 17 heavy (non-hydrogen) atoms. The molecule has 0 aromatic rings. The van der Waals surface area contributed by atoms with Crippen molar-refractivity contribution < 1.29 is 13.5 Å². The second kappa shape index (κ2) is 5.24. The summed E-state index contributed by atoms with van der Waals surface area (Å²) in [7, 11) is -3.18. The van der Waals surface area contributed by atoms with Gasteiger partial charge in [-0.05, 0) is 25.2 Å². The lowest BCUT2D eigenvalue weighted by molar-refractivity contribution is 0.00945. The van der Waals surface area contributed by atoms with Crippen LogP contribution in [0.15, 0.2) is 0 Å². The van der Waals surface area contributed by atoms with Crippen molar-refractivity contribution in [1.82, 2.24) is 4.72 Å². The van der Waals surface area contributed by atoms with E-state index in [1.54, 1.807) is 0 Å². The van der Waals surface area contributed by atoms with E-state index in [4.69, 9.17) is 0 Å². The number of nitrogens with one attached hydrogen (secondary N) is 1. The normalized spacial score (nSPS) is 24.8. The van der Waals surface area contributed by atoms with Gasteiger partial charge in [0.25, 0.3) is 0 Å². The maximum atomic E-state index is 11.7. The van der Waals surface area contributed by atoms with Crippen LogP contribution < -0.4 is 4.72 Å². The Morgan fingerprint density at radius 1 is 1.18 bits per heavy atom. The van der Waals surface area contributed by atoms with E-state index in [9.17, 15) is 13.5 Å². The van der Waals surface area contributed by atoms with Crippen LogP contribution in [-0.2, 0) is 10.0 Å². The largest absolute Gasteiger partial charge is 0.389 e. The zero-order valence-corrected chi connectivity index (χ0v) is 11.1. The predicted molar refractivity (Wildman–Crippen MR) is 67.2 cm³/mol. The molecule has 0 spiro atoms. The fourth-order valence-corrected chi connectivity index (χ4v) is 3.71. The van der Waals surface area contributed by atoms with Gasteiger partial charge in [0.15, 0.2) is 0 Å². The first-order chi connectivity index (χ1) is 7.99. The fraction of sp³-hybridized carbons (Fsp3) is 1.00. The van der Waals surface area contributed by atoms with Crippen LogP contribution in [0.3, 0.4) is 0 Å². The van der Waals surface area contributed by atoms with Gasteiger partial charge < -0.3 is 5.11 Å². The average molecular weight is 261 g/mol. The van der Waals surface area contributed by atoms with Gasteiger partial charge in [-0.15, -0.1) is 0 Å². The Labute approximate surface area is 104 Å². The molecule has 0 atom stereocenters. The molecule has 0 aromatic carbocycles. The van der Waals surface area contributed by atoms with Gasteiger partial charge in [-0.1, -0.05) is 32.1 Å². The standard InChI is InChI=1S/C12H23NO3S/c14-12(7-2-1-3-8-12)10-13-17(15,16)9-6-11-4-5-11/h11,13-14H,1-10H2. The zero-order chi connectivity index (χ0) is 12.4. The van der Waals surface area contributed by atoms with Gasteiger partial charge in [0.2, 0.25) is 10.0 Å². The summed E-state index contributed by atoms with van der Waals surface area (Å²) in [4.78, 5) is 0. The van der Waals surface area contributed by atoms with E-state index < -0.39 is 15.6 Å². The highest BCUT2D eigenvalue weighted by Gasteiger charge is 2.31. The van der Waals surface area contributed by atoms with E-state index in [-0.39, 0.29) is 12.3 Å². The fourth-order valence-electron chi connectivity index (χ4n) is 2.43. The molecule has 0 aromatic heterocycles. The lowest BCUT2D eigenvalue weighted by Crippen LogP contribution is -2.44. The van der Waals surface area contributed by atoms with Crippen molar-refractivity contribution in [3.63, 3.8) is 0 Å². The summed E-state index contributed by atoms with van der Waals surface area (Å²) in [6.07, 6.45) is 7.72. The molecule has 2 aliphatic carbocycles. The minimum Gasteiger partial charge on any atom is -0.389 e. The molecule has 2 aliphatic rings. The molecule has 100 valence electrons. The second-order valence-corrected chi connectivity index (χ2v) is 7.58. The highest BCUT2D eigenvalue weighted by molar-refractivity contribution is 7.89. The molecule has 5 heteroatoms. The Balaban J connectivity index is 1.74. The first-order valence-electron chi connectivity index (χ1n) is 6.69. The molecule has 2 N–H and O–H groups in total. The van der Waals surface area contributed by atoms with E-state index >= 15 is 0 Å². The lowest BCUT2D eigenvalue weighted by atomic mass is 9.85. The number of sulfonamides is 1. The summed E-state index contributed by atoms with van der Waals surface area (Å²) in [5, 5.41) is 10.2. The Bertz CT molecular complexity index is 343. The summed E-state index contributed by atoms with van der Waals surface area (Å²) in [5.41, 5.74) is -0.801. The molecule has 2 saturated carbocycles. The molecule has 0 saturated heterocycles. The van der Waals surface area contributed by atoms with Gasteiger partial charge in [-0.3, -0.25) is 0 Å². The summed E-state index contributed by atoms with van der Waals surface area (Å²) >= 11 is 0. The first kappa shape index (κ1) is 13.3. The van der Waals surface area contributed by atoms with Crippen LogP contribution in [0.25, 0.3) is 0 Å². The topological polar surface area (TPSA) is 66.4 Å². The molecule has 0 amide bonds. The Kier molecular flexibility index (Phi) is 4.10. The Hall–Kier alpha value is -0.130. The SMILES string of the molecule is O=S(=O)(CCC1CC1)NCC1(O)CCCCC1. The van der Waals surface area contributed by atoms with Gasteiger partial charge in [-0.25, -0.2) is 13.1 Å². The maximum Gasteiger partial charge on any atom is 0.211 e. The van der Waals surface area contributed by atoms with E-state index in [1.807, 2.05) is 0 Å². The smallest absolute Gasteiger partial charge is 0.211 e. The van der Waals surface area contributed by atoms with Crippen LogP contribution in [0.5, 0.6) is 0 Å². The Morgan fingerprint density at radius 3 is 2.41 bits per heavy atom. The highest BCUT2D eigenvalue weighted by Crippen LogP contribution is 2.32. The van der Waals surface area contributed by atoms with Crippen LogP contribution in [0.2, 0.25) is 0 Å². The van der Waals surface area contributed by atoms with Crippen molar-refractivity contribution in [1.29, 1.82) is 0 Å². The van der Waals surface area contributed by atoms with Crippen molar-refractivity contribution in [2.45, 2.75) is 57.0 Å². The average Bonchev–Trinajstić information content (AvgIpc) is 3.09. The van der Waals surface area contributed by atoms with Crippen molar-refractivity contribution in [3.8, 4) is 0 Å². The summed E-state index contributed by atoms with van der Waals surface area (Å²) in [5.74, 6) is 0.845. The van der Waals surface area contributed by atoms with Crippen LogP contribution in [0, 0.1) is 5.92 Å². The quantitative estimate of drug-likeness (QED) is 0.759. The summed E-state index contributed by atoms with van der Waals surface area (Å²) in [6, 6.07) is 0. The molecule has 0 bridgehead atoms. The van der Waals surface area contributed by atoms with Gasteiger partial charge in [0.05, 0.1) is 11.4 Å². The summed E-state index contributed by atoms with van der Waals surface area (Å²) < 4.78 is 26.0. The first-order valence-corrected chi connectivity index (χ1v) is 8.34. The molecule has 4 nitrogen and oxygen atoms in total. The van der Waals surface area contributed by atoms with Crippen molar-refractivity contribution in [2.24, 2.45) is 5.92 Å². The van der Waals surface area contributed by atoms with Gasteiger partial charge >= 0.3 is 0 Å². The van der Waals surface area contributed by atoms with Crippen LogP contribution in [0.4, 0.5) is 0 Å². The zero-order valence-electron chi connectivity index (χ0n) is 10.3.